The summed E-state index contributed by atoms with van der Waals surface area (Å²) in [5.41, 5.74) is 0.997. The smallest absolute Gasteiger partial charge is 0.315 e. The number of benzene rings is 1. The minimum Gasteiger partial charge on any atom is -0.486 e. The van der Waals surface area contributed by atoms with Crippen molar-refractivity contribution in [2.45, 2.75) is 33.2 Å². The highest BCUT2D eigenvalue weighted by Gasteiger charge is 2.11. The Morgan fingerprint density at radius 3 is 2.71 bits per heavy atom. The van der Waals surface area contributed by atoms with E-state index in [1.54, 1.807) is 0 Å². The Kier molecular flexibility index (Phi) is 5.72. The van der Waals surface area contributed by atoms with E-state index in [0.29, 0.717) is 32.2 Å². The summed E-state index contributed by atoms with van der Waals surface area (Å²) in [4.78, 5) is 11.7. The third kappa shape index (κ3) is 5.17. The maximum absolute atomic E-state index is 11.7. The molecular formula is C16H24N2O3. The fourth-order valence-electron chi connectivity index (χ4n) is 2.15. The van der Waals surface area contributed by atoms with Crippen molar-refractivity contribution in [1.82, 2.24) is 10.6 Å². The number of hydrogen-bond acceptors (Lipinski definition) is 3. The SMILES string of the molecule is CC(C)CCCNC(=O)NCc1ccc2c(c1)OCCO2. The molecule has 0 bridgehead atoms. The first kappa shape index (κ1) is 15.5. The molecule has 2 amide bonds. The second kappa shape index (κ2) is 7.76. The van der Waals surface area contributed by atoms with Crippen LogP contribution in [0.1, 0.15) is 32.3 Å². The first-order valence-corrected chi connectivity index (χ1v) is 7.55. The second-order valence-electron chi connectivity index (χ2n) is 5.62. The predicted molar refractivity (Wildman–Crippen MR) is 81.7 cm³/mol. The van der Waals surface area contributed by atoms with Crippen LogP contribution in [-0.4, -0.2) is 25.8 Å². The molecule has 5 nitrogen and oxygen atoms in total. The van der Waals surface area contributed by atoms with Gasteiger partial charge in [0.15, 0.2) is 11.5 Å². The number of ether oxygens (including phenoxy) is 2. The van der Waals surface area contributed by atoms with Gasteiger partial charge in [-0.2, -0.15) is 0 Å². The summed E-state index contributed by atoms with van der Waals surface area (Å²) >= 11 is 0. The molecule has 0 unspecified atom stereocenters. The second-order valence-corrected chi connectivity index (χ2v) is 5.62. The van der Waals surface area contributed by atoms with Gasteiger partial charge in [0.2, 0.25) is 0 Å². The minimum absolute atomic E-state index is 0.131. The van der Waals surface area contributed by atoms with E-state index in [1.807, 2.05) is 18.2 Å². The van der Waals surface area contributed by atoms with Gasteiger partial charge in [-0.15, -0.1) is 0 Å². The quantitative estimate of drug-likeness (QED) is 0.793. The summed E-state index contributed by atoms with van der Waals surface area (Å²) in [7, 11) is 0. The number of carbonyl (C=O) groups excluding carboxylic acids is 1. The van der Waals surface area contributed by atoms with Crippen molar-refractivity contribution in [3.05, 3.63) is 23.8 Å². The molecule has 1 heterocycles. The van der Waals surface area contributed by atoms with Crippen LogP contribution in [0, 0.1) is 5.92 Å². The lowest BCUT2D eigenvalue weighted by Gasteiger charge is -2.19. The van der Waals surface area contributed by atoms with Crippen LogP contribution in [0.5, 0.6) is 11.5 Å². The molecule has 0 atom stereocenters. The van der Waals surface area contributed by atoms with Crippen molar-refractivity contribution in [3.8, 4) is 11.5 Å². The number of urea groups is 1. The number of rotatable bonds is 6. The molecule has 1 aromatic carbocycles. The van der Waals surface area contributed by atoms with Gasteiger partial charge in [0, 0.05) is 13.1 Å². The van der Waals surface area contributed by atoms with E-state index in [9.17, 15) is 4.79 Å². The Labute approximate surface area is 126 Å². The van der Waals surface area contributed by atoms with Gasteiger partial charge in [-0.25, -0.2) is 4.79 Å². The van der Waals surface area contributed by atoms with E-state index < -0.39 is 0 Å². The van der Waals surface area contributed by atoms with Gasteiger partial charge < -0.3 is 20.1 Å². The van der Waals surface area contributed by atoms with Gasteiger partial charge in [0.05, 0.1) is 0 Å². The summed E-state index contributed by atoms with van der Waals surface area (Å²) in [6, 6.07) is 5.60. The Hall–Kier alpha value is -1.91. The number of amides is 2. The molecule has 21 heavy (non-hydrogen) atoms. The Morgan fingerprint density at radius 2 is 1.95 bits per heavy atom. The number of carbonyl (C=O) groups is 1. The maximum atomic E-state index is 11.7. The molecule has 116 valence electrons. The zero-order valence-corrected chi connectivity index (χ0v) is 12.8. The first-order chi connectivity index (χ1) is 10.1. The molecule has 0 aliphatic carbocycles. The van der Waals surface area contributed by atoms with Crippen molar-refractivity contribution in [2.24, 2.45) is 5.92 Å². The lowest BCUT2D eigenvalue weighted by molar-refractivity contribution is 0.171. The number of fused-ring (bicyclic) bond motifs is 1. The molecule has 0 aromatic heterocycles. The van der Waals surface area contributed by atoms with E-state index in [2.05, 4.69) is 24.5 Å². The fourth-order valence-corrected chi connectivity index (χ4v) is 2.15. The third-order valence-corrected chi connectivity index (χ3v) is 3.30. The van der Waals surface area contributed by atoms with Crippen LogP contribution in [0.4, 0.5) is 4.79 Å². The van der Waals surface area contributed by atoms with Gasteiger partial charge in [-0.3, -0.25) is 0 Å². The largest absolute Gasteiger partial charge is 0.486 e. The van der Waals surface area contributed by atoms with Crippen molar-refractivity contribution in [2.75, 3.05) is 19.8 Å². The summed E-state index contributed by atoms with van der Waals surface area (Å²) in [6.45, 7) is 6.71. The normalized spacial score (nSPS) is 13.1. The Balaban J connectivity index is 1.71. The predicted octanol–water partition coefficient (Wildman–Crippen LogP) is 2.69. The summed E-state index contributed by atoms with van der Waals surface area (Å²) in [5.74, 6) is 2.19. The molecule has 0 radical (unpaired) electrons. The molecule has 0 fully saturated rings. The molecule has 1 aromatic rings. The Bertz CT molecular complexity index is 475. The van der Waals surface area contributed by atoms with Crippen molar-refractivity contribution in [1.29, 1.82) is 0 Å². The minimum atomic E-state index is -0.131. The topological polar surface area (TPSA) is 59.6 Å². The molecule has 1 aliphatic rings. The molecular weight excluding hydrogens is 268 g/mol. The van der Waals surface area contributed by atoms with Crippen molar-refractivity contribution in [3.63, 3.8) is 0 Å². The van der Waals surface area contributed by atoms with Gasteiger partial charge in [-0.1, -0.05) is 19.9 Å². The highest BCUT2D eigenvalue weighted by Crippen LogP contribution is 2.30. The Morgan fingerprint density at radius 1 is 1.19 bits per heavy atom. The fraction of sp³-hybridized carbons (Fsp3) is 0.562. The summed E-state index contributed by atoms with van der Waals surface area (Å²) in [5, 5.41) is 5.71. The van der Waals surface area contributed by atoms with Crippen molar-refractivity contribution >= 4 is 6.03 Å². The van der Waals surface area contributed by atoms with E-state index in [0.717, 1.165) is 29.9 Å². The van der Waals surface area contributed by atoms with Crippen LogP contribution in [-0.2, 0) is 6.54 Å². The number of hydrogen-bond donors (Lipinski definition) is 2. The maximum Gasteiger partial charge on any atom is 0.315 e. The van der Waals surface area contributed by atoms with Crippen LogP contribution < -0.4 is 20.1 Å². The molecule has 5 heteroatoms. The van der Waals surface area contributed by atoms with Crippen LogP contribution in [0.25, 0.3) is 0 Å². The molecule has 0 saturated carbocycles. The van der Waals surface area contributed by atoms with Gasteiger partial charge in [0.25, 0.3) is 0 Å². The van der Waals surface area contributed by atoms with Gasteiger partial charge >= 0.3 is 6.03 Å². The average molecular weight is 292 g/mol. The zero-order chi connectivity index (χ0) is 15.1. The molecule has 0 spiro atoms. The molecule has 1 aliphatic heterocycles. The third-order valence-electron chi connectivity index (χ3n) is 3.30. The van der Waals surface area contributed by atoms with Crippen LogP contribution in [0.15, 0.2) is 18.2 Å². The van der Waals surface area contributed by atoms with Gasteiger partial charge in [0.1, 0.15) is 13.2 Å². The van der Waals surface area contributed by atoms with Crippen LogP contribution in [0.3, 0.4) is 0 Å². The van der Waals surface area contributed by atoms with E-state index in [1.165, 1.54) is 0 Å². The van der Waals surface area contributed by atoms with Crippen LogP contribution in [0.2, 0.25) is 0 Å². The van der Waals surface area contributed by atoms with E-state index in [-0.39, 0.29) is 6.03 Å². The van der Waals surface area contributed by atoms with E-state index >= 15 is 0 Å². The zero-order valence-electron chi connectivity index (χ0n) is 12.8. The standard InChI is InChI=1S/C16H24N2O3/c1-12(2)4-3-7-17-16(19)18-11-13-5-6-14-15(10-13)21-9-8-20-14/h5-6,10,12H,3-4,7-9,11H2,1-2H3,(H2,17,18,19). The summed E-state index contributed by atoms with van der Waals surface area (Å²) in [6.07, 6.45) is 2.14. The lowest BCUT2D eigenvalue weighted by atomic mass is 10.1. The molecule has 2 rings (SSSR count). The molecule has 0 saturated heterocycles. The first-order valence-electron chi connectivity index (χ1n) is 7.55. The van der Waals surface area contributed by atoms with Crippen molar-refractivity contribution < 1.29 is 14.3 Å². The van der Waals surface area contributed by atoms with Crippen LogP contribution >= 0.6 is 0 Å². The van der Waals surface area contributed by atoms with Gasteiger partial charge in [-0.05, 0) is 36.5 Å². The monoisotopic (exact) mass is 292 g/mol. The molecule has 2 N–H and O–H groups in total. The number of nitrogens with one attached hydrogen (secondary N) is 2. The highest BCUT2D eigenvalue weighted by molar-refractivity contribution is 5.73. The summed E-state index contributed by atoms with van der Waals surface area (Å²) < 4.78 is 11.0. The van der Waals surface area contributed by atoms with E-state index in [4.69, 9.17) is 9.47 Å². The highest BCUT2D eigenvalue weighted by atomic mass is 16.6. The lowest BCUT2D eigenvalue weighted by Crippen LogP contribution is -2.35. The average Bonchev–Trinajstić information content (AvgIpc) is 2.49.